The van der Waals surface area contributed by atoms with Crippen LogP contribution in [0.1, 0.15) is 64.7 Å². The van der Waals surface area contributed by atoms with Gasteiger partial charge in [0.05, 0.1) is 0 Å². The first-order valence-electron chi connectivity index (χ1n) is 11.0. The van der Waals surface area contributed by atoms with Crippen LogP contribution in [-0.4, -0.2) is 62.7 Å². The second-order valence-corrected chi connectivity index (χ2v) is 8.62. The van der Waals surface area contributed by atoms with Gasteiger partial charge in [0.25, 0.3) is 0 Å². The number of carbonyl (C=O) groups is 1. The first-order valence-corrected chi connectivity index (χ1v) is 11.0. The highest BCUT2D eigenvalue weighted by Crippen LogP contribution is 2.48. The number of hydrogen-bond acceptors (Lipinski definition) is 3. The van der Waals surface area contributed by atoms with Crippen LogP contribution in [0, 0.1) is 11.3 Å². The zero-order chi connectivity index (χ0) is 19.1. The zero-order valence-electron chi connectivity index (χ0n) is 17.3. The van der Waals surface area contributed by atoms with E-state index in [0.29, 0.717) is 17.4 Å². The molecule has 6 heteroatoms. The maximum absolute atomic E-state index is 12.7. The van der Waals surface area contributed by atoms with Gasteiger partial charge in [-0.15, -0.1) is 0 Å². The van der Waals surface area contributed by atoms with Crippen molar-refractivity contribution in [2.75, 3.05) is 39.9 Å². The van der Waals surface area contributed by atoms with Gasteiger partial charge >= 0.3 is 0 Å². The molecule has 3 aliphatic rings. The molecule has 3 rings (SSSR count). The van der Waals surface area contributed by atoms with Crippen molar-refractivity contribution < 1.29 is 9.53 Å². The molecule has 2 aliphatic carbocycles. The Hall–Kier alpha value is -1.30. The van der Waals surface area contributed by atoms with Gasteiger partial charge in [-0.1, -0.05) is 19.3 Å². The van der Waals surface area contributed by atoms with Crippen LogP contribution in [0.3, 0.4) is 0 Å². The van der Waals surface area contributed by atoms with Crippen molar-refractivity contribution in [3.8, 4) is 0 Å². The average molecular weight is 379 g/mol. The molecule has 27 heavy (non-hydrogen) atoms. The maximum atomic E-state index is 12.7. The smallest absolute Gasteiger partial charge is 0.225 e. The third kappa shape index (κ3) is 5.84. The van der Waals surface area contributed by atoms with Crippen LogP contribution in [0.25, 0.3) is 0 Å². The summed E-state index contributed by atoms with van der Waals surface area (Å²) >= 11 is 0. The lowest BCUT2D eigenvalue weighted by Gasteiger charge is -2.26. The summed E-state index contributed by atoms with van der Waals surface area (Å²) in [6.07, 6.45) is 10.6. The Balaban J connectivity index is 1.39. The minimum absolute atomic E-state index is 0.273. The van der Waals surface area contributed by atoms with Gasteiger partial charge in [-0.05, 0) is 50.9 Å². The number of aliphatic imine (C=N–C) groups is 1. The molecule has 1 heterocycles. The highest BCUT2D eigenvalue weighted by Gasteiger charge is 2.42. The molecule has 2 saturated carbocycles. The fraction of sp³-hybridized carbons (Fsp3) is 0.905. The number of amides is 1. The Labute approximate surface area is 164 Å². The molecule has 0 radical (unpaired) electrons. The van der Waals surface area contributed by atoms with E-state index in [1.54, 1.807) is 0 Å². The fourth-order valence-corrected chi connectivity index (χ4v) is 4.47. The SMILES string of the molecule is CCOCCC1(CNC(=NC)NC2CCN(C(=O)C3CCCCC3)C2)CC1. The van der Waals surface area contributed by atoms with Gasteiger partial charge in [-0.25, -0.2) is 0 Å². The van der Waals surface area contributed by atoms with Crippen LogP contribution in [-0.2, 0) is 9.53 Å². The number of ether oxygens (including phenoxy) is 1. The third-order valence-electron chi connectivity index (χ3n) is 6.59. The largest absolute Gasteiger partial charge is 0.382 e. The van der Waals surface area contributed by atoms with Crippen molar-refractivity contribution in [2.24, 2.45) is 16.3 Å². The Bertz CT molecular complexity index is 512. The molecule has 6 nitrogen and oxygen atoms in total. The number of hydrogen-bond donors (Lipinski definition) is 2. The second kappa shape index (κ2) is 9.76. The maximum Gasteiger partial charge on any atom is 0.225 e. The second-order valence-electron chi connectivity index (χ2n) is 8.62. The molecule has 1 amide bonds. The number of nitrogens with zero attached hydrogens (tertiary/aromatic N) is 2. The van der Waals surface area contributed by atoms with Crippen LogP contribution >= 0.6 is 0 Å². The molecule has 0 bridgehead atoms. The summed E-state index contributed by atoms with van der Waals surface area (Å²) in [6, 6.07) is 0.308. The molecular weight excluding hydrogens is 340 g/mol. The van der Waals surface area contributed by atoms with Crippen molar-refractivity contribution in [2.45, 2.75) is 70.8 Å². The first-order chi connectivity index (χ1) is 13.2. The quantitative estimate of drug-likeness (QED) is 0.387. The standard InChI is InChI=1S/C21H38N4O2/c1-3-27-14-12-21(10-11-21)16-23-20(22-2)24-18-9-13-25(15-18)19(26)17-7-5-4-6-8-17/h17-18H,3-16H2,1-2H3,(H2,22,23,24). The van der Waals surface area contributed by atoms with Crippen molar-refractivity contribution in [1.82, 2.24) is 15.5 Å². The van der Waals surface area contributed by atoms with Crippen LogP contribution in [0.5, 0.6) is 0 Å². The molecule has 0 aromatic carbocycles. The molecule has 154 valence electrons. The first kappa shape index (κ1) is 20.4. The summed E-state index contributed by atoms with van der Waals surface area (Å²) in [5, 5.41) is 7.05. The van der Waals surface area contributed by atoms with E-state index in [1.165, 1.54) is 32.1 Å². The molecular formula is C21H38N4O2. The summed E-state index contributed by atoms with van der Waals surface area (Å²) in [6.45, 7) is 6.34. The van der Waals surface area contributed by atoms with E-state index >= 15 is 0 Å². The van der Waals surface area contributed by atoms with Gasteiger partial charge in [-0.2, -0.15) is 0 Å². The molecule has 1 unspecified atom stereocenters. The van der Waals surface area contributed by atoms with E-state index in [9.17, 15) is 4.79 Å². The summed E-state index contributed by atoms with van der Waals surface area (Å²) < 4.78 is 5.52. The Morgan fingerprint density at radius 1 is 1.22 bits per heavy atom. The summed E-state index contributed by atoms with van der Waals surface area (Å²) in [5.74, 6) is 1.53. The van der Waals surface area contributed by atoms with Crippen molar-refractivity contribution >= 4 is 11.9 Å². The molecule has 0 spiro atoms. The van der Waals surface area contributed by atoms with E-state index in [-0.39, 0.29) is 5.92 Å². The van der Waals surface area contributed by atoms with E-state index in [2.05, 4.69) is 20.5 Å². The Morgan fingerprint density at radius 3 is 2.67 bits per heavy atom. The van der Waals surface area contributed by atoms with Gasteiger partial charge in [-0.3, -0.25) is 9.79 Å². The summed E-state index contributed by atoms with van der Waals surface area (Å²) in [7, 11) is 1.83. The monoisotopic (exact) mass is 378 g/mol. The molecule has 1 aliphatic heterocycles. The van der Waals surface area contributed by atoms with Crippen LogP contribution < -0.4 is 10.6 Å². The van der Waals surface area contributed by atoms with Gasteiger partial charge < -0.3 is 20.3 Å². The molecule has 3 fully saturated rings. The number of carbonyl (C=O) groups excluding carboxylic acids is 1. The average Bonchev–Trinajstić information content (AvgIpc) is 3.32. The van der Waals surface area contributed by atoms with E-state index in [1.807, 2.05) is 14.0 Å². The summed E-state index contributed by atoms with van der Waals surface area (Å²) in [5.41, 5.74) is 0.394. The molecule has 2 N–H and O–H groups in total. The molecule has 0 aromatic rings. The third-order valence-corrected chi connectivity index (χ3v) is 6.59. The van der Waals surface area contributed by atoms with Crippen molar-refractivity contribution in [1.29, 1.82) is 0 Å². The van der Waals surface area contributed by atoms with E-state index in [4.69, 9.17) is 4.74 Å². The predicted octanol–water partition coefficient (Wildman–Crippen LogP) is 2.54. The number of guanidine groups is 1. The molecule has 0 aromatic heterocycles. The lowest BCUT2D eigenvalue weighted by molar-refractivity contribution is -0.135. The predicted molar refractivity (Wildman–Crippen MR) is 109 cm³/mol. The normalized spacial score (nSPS) is 25.5. The van der Waals surface area contributed by atoms with E-state index < -0.39 is 0 Å². The number of likely N-dealkylation sites (tertiary alicyclic amines) is 1. The lowest BCUT2D eigenvalue weighted by Crippen LogP contribution is -2.47. The number of rotatable bonds is 8. The Kier molecular flexibility index (Phi) is 7.39. The topological polar surface area (TPSA) is 66.0 Å². The fourth-order valence-electron chi connectivity index (χ4n) is 4.47. The van der Waals surface area contributed by atoms with Gasteiger partial charge in [0, 0.05) is 51.9 Å². The van der Waals surface area contributed by atoms with Crippen LogP contribution in [0.4, 0.5) is 0 Å². The van der Waals surface area contributed by atoms with Crippen molar-refractivity contribution in [3.63, 3.8) is 0 Å². The highest BCUT2D eigenvalue weighted by molar-refractivity contribution is 5.81. The number of nitrogens with one attached hydrogen (secondary N) is 2. The van der Waals surface area contributed by atoms with Gasteiger partial charge in [0.2, 0.25) is 5.91 Å². The molecule has 1 saturated heterocycles. The Morgan fingerprint density at radius 2 is 2.00 bits per heavy atom. The minimum Gasteiger partial charge on any atom is -0.382 e. The van der Waals surface area contributed by atoms with Crippen molar-refractivity contribution in [3.05, 3.63) is 0 Å². The zero-order valence-corrected chi connectivity index (χ0v) is 17.3. The van der Waals surface area contributed by atoms with Gasteiger partial charge in [0.1, 0.15) is 0 Å². The lowest BCUT2D eigenvalue weighted by atomic mass is 9.88. The van der Waals surface area contributed by atoms with E-state index in [0.717, 1.165) is 64.5 Å². The summed E-state index contributed by atoms with van der Waals surface area (Å²) in [4.78, 5) is 19.2. The highest BCUT2D eigenvalue weighted by atomic mass is 16.5. The minimum atomic E-state index is 0.273. The van der Waals surface area contributed by atoms with Crippen LogP contribution in [0.15, 0.2) is 4.99 Å². The molecule has 1 atom stereocenters. The van der Waals surface area contributed by atoms with Gasteiger partial charge in [0.15, 0.2) is 5.96 Å². The van der Waals surface area contributed by atoms with Crippen LogP contribution in [0.2, 0.25) is 0 Å².